The van der Waals surface area contributed by atoms with E-state index in [1.807, 2.05) is 19.1 Å². The predicted octanol–water partition coefficient (Wildman–Crippen LogP) is 1.06. The summed E-state index contributed by atoms with van der Waals surface area (Å²) in [7, 11) is -2.87. The lowest BCUT2D eigenvalue weighted by Crippen LogP contribution is -2.42. The summed E-state index contributed by atoms with van der Waals surface area (Å²) in [6.07, 6.45) is 0.660. The maximum atomic E-state index is 11.4. The molecule has 1 saturated heterocycles. The van der Waals surface area contributed by atoms with Crippen molar-refractivity contribution in [2.45, 2.75) is 25.4 Å². The first-order valence-corrected chi connectivity index (χ1v) is 7.44. The minimum atomic E-state index is -2.87. The highest BCUT2D eigenvalue weighted by molar-refractivity contribution is 7.91. The smallest absolute Gasteiger partial charge is 0.152 e. The quantitative estimate of drug-likeness (QED) is 0.847. The van der Waals surface area contributed by atoms with Gasteiger partial charge in [-0.3, -0.25) is 0 Å². The van der Waals surface area contributed by atoms with Crippen molar-refractivity contribution in [1.29, 1.82) is 0 Å². The highest BCUT2D eigenvalue weighted by atomic mass is 32.2. The van der Waals surface area contributed by atoms with E-state index in [1.165, 1.54) is 0 Å². The Morgan fingerprint density at radius 1 is 1.35 bits per heavy atom. The van der Waals surface area contributed by atoms with Crippen LogP contribution in [0.2, 0.25) is 0 Å². The molecular formula is C12H17NO3S. The number of nitrogens with one attached hydrogen (secondary N) is 1. The lowest BCUT2D eigenvalue weighted by atomic mass is 10.0. The molecule has 1 aromatic rings. The highest BCUT2D eigenvalue weighted by Crippen LogP contribution is 2.23. The van der Waals surface area contributed by atoms with Crippen molar-refractivity contribution in [2.75, 3.05) is 11.5 Å². The summed E-state index contributed by atoms with van der Waals surface area (Å²) in [5.41, 5.74) is 0.713. The van der Waals surface area contributed by atoms with E-state index in [1.54, 1.807) is 12.1 Å². The molecule has 0 spiro atoms. The van der Waals surface area contributed by atoms with Gasteiger partial charge in [0.15, 0.2) is 9.84 Å². The number of aromatic hydroxyl groups is 1. The topological polar surface area (TPSA) is 66.4 Å². The standard InChI is InChI=1S/C12H17NO3S/c1-12(6-7-17(15,16)9-12)13-8-10-2-4-11(14)5-3-10/h2-5,13-14H,6-9H2,1H3. The number of hydrogen-bond acceptors (Lipinski definition) is 4. The minimum absolute atomic E-state index is 0.206. The third kappa shape index (κ3) is 3.20. The van der Waals surface area contributed by atoms with Crippen molar-refractivity contribution in [3.05, 3.63) is 29.8 Å². The van der Waals surface area contributed by atoms with Crippen molar-refractivity contribution in [2.24, 2.45) is 0 Å². The molecule has 4 nitrogen and oxygen atoms in total. The molecule has 94 valence electrons. The third-order valence-electron chi connectivity index (χ3n) is 3.16. The van der Waals surface area contributed by atoms with E-state index in [4.69, 9.17) is 5.11 Å². The number of phenols is 1. The first-order valence-electron chi connectivity index (χ1n) is 5.62. The molecule has 1 aliphatic heterocycles. The number of hydrogen-bond donors (Lipinski definition) is 2. The molecule has 0 bridgehead atoms. The van der Waals surface area contributed by atoms with Gasteiger partial charge >= 0.3 is 0 Å². The Balaban J connectivity index is 1.97. The van der Waals surface area contributed by atoms with E-state index in [2.05, 4.69) is 5.32 Å². The van der Waals surface area contributed by atoms with Crippen molar-refractivity contribution in [3.8, 4) is 5.75 Å². The highest BCUT2D eigenvalue weighted by Gasteiger charge is 2.37. The van der Waals surface area contributed by atoms with Gasteiger partial charge < -0.3 is 10.4 Å². The zero-order valence-corrected chi connectivity index (χ0v) is 10.6. The molecule has 1 fully saturated rings. The average Bonchev–Trinajstić information content (AvgIpc) is 2.53. The zero-order valence-electron chi connectivity index (χ0n) is 9.81. The van der Waals surface area contributed by atoms with E-state index >= 15 is 0 Å². The predicted molar refractivity (Wildman–Crippen MR) is 66.6 cm³/mol. The van der Waals surface area contributed by atoms with Gasteiger partial charge in [-0.25, -0.2) is 8.42 Å². The second kappa shape index (κ2) is 4.31. The molecule has 0 saturated carbocycles. The van der Waals surface area contributed by atoms with E-state index in [0.717, 1.165) is 5.56 Å². The Kier molecular flexibility index (Phi) is 3.14. The summed E-state index contributed by atoms with van der Waals surface area (Å²) in [4.78, 5) is 0. The fourth-order valence-corrected chi connectivity index (χ4v) is 4.20. The van der Waals surface area contributed by atoms with Gasteiger partial charge in [0.25, 0.3) is 0 Å². The molecule has 5 heteroatoms. The van der Waals surface area contributed by atoms with Crippen LogP contribution >= 0.6 is 0 Å². The maximum Gasteiger partial charge on any atom is 0.152 e. The number of phenolic OH excluding ortho intramolecular Hbond substituents is 1. The normalized spacial score (nSPS) is 27.1. The lowest BCUT2D eigenvalue weighted by Gasteiger charge is -2.24. The van der Waals surface area contributed by atoms with E-state index in [0.29, 0.717) is 13.0 Å². The van der Waals surface area contributed by atoms with Crippen LogP contribution < -0.4 is 5.32 Å². The summed E-state index contributed by atoms with van der Waals surface area (Å²) in [5, 5.41) is 12.4. The molecule has 1 unspecified atom stereocenters. The van der Waals surface area contributed by atoms with Crippen LogP contribution in [0.3, 0.4) is 0 Å². The number of rotatable bonds is 3. The van der Waals surface area contributed by atoms with Crippen LogP contribution in [0.5, 0.6) is 5.75 Å². The second-order valence-electron chi connectivity index (χ2n) is 4.92. The van der Waals surface area contributed by atoms with Gasteiger partial charge in [0.1, 0.15) is 5.75 Å². The lowest BCUT2D eigenvalue weighted by molar-refractivity contribution is 0.395. The van der Waals surface area contributed by atoms with E-state index in [9.17, 15) is 8.42 Å². The monoisotopic (exact) mass is 255 g/mol. The summed E-state index contributed by atoms with van der Waals surface area (Å²) in [6.45, 7) is 2.56. The van der Waals surface area contributed by atoms with Crippen LogP contribution in [0.15, 0.2) is 24.3 Å². The van der Waals surface area contributed by atoms with E-state index < -0.39 is 9.84 Å². The van der Waals surface area contributed by atoms with Crippen LogP contribution in [0.25, 0.3) is 0 Å². The SMILES string of the molecule is CC1(NCc2ccc(O)cc2)CCS(=O)(=O)C1. The molecule has 1 aromatic carbocycles. The summed E-state index contributed by atoms with van der Waals surface area (Å²) < 4.78 is 22.9. The van der Waals surface area contributed by atoms with Gasteiger partial charge in [-0.2, -0.15) is 0 Å². The number of benzene rings is 1. The largest absolute Gasteiger partial charge is 0.508 e. The molecule has 0 aliphatic carbocycles. The molecule has 1 aliphatic rings. The Labute approximate surface area is 102 Å². The molecule has 17 heavy (non-hydrogen) atoms. The third-order valence-corrected chi connectivity index (χ3v) is 5.06. The molecular weight excluding hydrogens is 238 g/mol. The Morgan fingerprint density at radius 2 is 2.00 bits per heavy atom. The molecule has 0 aromatic heterocycles. The van der Waals surface area contributed by atoms with Gasteiger partial charge in [0.2, 0.25) is 0 Å². The maximum absolute atomic E-state index is 11.4. The Morgan fingerprint density at radius 3 is 2.53 bits per heavy atom. The van der Waals surface area contributed by atoms with Crippen LogP contribution in [-0.2, 0) is 16.4 Å². The first kappa shape index (κ1) is 12.4. The van der Waals surface area contributed by atoms with Crippen molar-refractivity contribution in [3.63, 3.8) is 0 Å². The van der Waals surface area contributed by atoms with E-state index in [-0.39, 0.29) is 22.8 Å². The van der Waals surface area contributed by atoms with Gasteiger partial charge in [-0.05, 0) is 31.0 Å². The van der Waals surface area contributed by atoms with Crippen molar-refractivity contribution >= 4 is 9.84 Å². The second-order valence-corrected chi connectivity index (χ2v) is 7.11. The molecule has 2 N–H and O–H groups in total. The summed E-state index contributed by atoms with van der Waals surface area (Å²) in [5.74, 6) is 0.716. The minimum Gasteiger partial charge on any atom is -0.508 e. The number of sulfone groups is 1. The summed E-state index contributed by atoms with van der Waals surface area (Å²) in [6, 6.07) is 6.92. The van der Waals surface area contributed by atoms with Gasteiger partial charge in [0, 0.05) is 12.1 Å². The van der Waals surface area contributed by atoms with Crippen LogP contribution in [0.1, 0.15) is 18.9 Å². The zero-order chi connectivity index (χ0) is 12.5. The van der Waals surface area contributed by atoms with Crippen molar-refractivity contribution in [1.82, 2.24) is 5.32 Å². The molecule has 1 atom stereocenters. The Bertz CT molecular complexity index is 495. The van der Waals surface area contributed by atoms with Crippen LogP contribution in [0, 0.1) is 0 Å². The van der Waals surface area contributed by atoms with Gasteiger partial charge in [0.05, 0.1) is 11.5 Å². The Hall–Kier alpha value is -1.07. The van der Waals surface area contributed by atoms with Gasteiger partial charge in [-0.1, -0.05) is 12.1 Å². The molecule has 1 heterocycles. The first-order chi connectivity index (χ1) is 7.89. The molecule has 0 radical (unpaired) electrons. The fourth-order valence-electron chi connectivity index (χ4n) is 2.08. The van der Waals surface area contributed by atoms with Crippen LogP contribution in [-0.4, -0.2) is 30.6 Å². The van der Waals surface area contributed by atoms with Gasteiger partial charge in [-0.15, -0.1) is 0 Å². The molecule has 0 amide bonds. The van der Waals surface area contributed by atoms with Crippen LogP contribution in [0.4, 0.5) is 0 Å². The average molecular weight is 255 g/mol. The fraction of sp³-hybridized carbons (Fsp3) is 0.500. The summed E-state index contributed by atoms with van der Waals surface area (Å²) >= 11 is 0. The molecule has 2 rings (SSSR count). The van der Waals surface area contributed by atoms with Crippen molar-refractivity contribution < 1.29 is 13.5 Å².